The van der Waals surface area contributed by atoms with Gasteiger partial charge in [0.1, 0.15) is 5.75 Å². The molecule has 0 aromatic heterocycles. The molecule has 0 aliphatic rings. The van der Waals surface area contributed by atoms with Crippen LogP contribution in [0.4, 0.5) is 0 Å². The van der Waals surface area contributed by atoms with E-state index in [0.29, 0.717) is 0 Å². The van der Waals surface area contributed by atoms with Crippen molar-refractivity contribution in [3.05, 3.63) is 29.8 Å². The zero-order valence-electron chi connectivity index (χ0n) is 7.54. The van der Waals surface area contributed by atoms with E-state index in [2.05, 4.69) is 0 Å². The van der Waals surface area contributed by atoms with Gasteiger partial charge in [-0.25, -0.2) is 0 Å². The zero-order chi connectivity index (χ0) is 9.19. The monoisotopic (exact) mass is 165 g/mol. The summed E-state index contributed by atoms with van der Waals surface area (Å²) in [6.45, 7) is 3.99. The molecule has 3 N–H and O–H groups in total. The number of nitrogens with two attached hydrogens (primary N) is 1. The quantitative estimate of drug-likeness (QED) is 0.703. The minimum Gasteiger partial charge on any atom is -0.508 e. The molecule has 1 atom stereocenters. The van der Waals surface area contributed by atoms with Gasteiger partial charge in [-0.15, -0.1) is 0 Å². The molecule has 0 saturated heterocycles. The zero-order valence-corrected chi connectivity index (χ0v) is 7.54. The normalized spacial score (nSPS) is 15.6. The maximum absolute atomic E-state index is 9.22. The van der Waals surface area contributed by atoms with Crippen molar-refractivity contribution >= 4 is 0 Å². The number of phenolic OH excluding ortho intramolecular Hbond substituents is 1. The summed E-state index contributed by atoms with van der Waals surface area (Å²) < 4.78 is 0. The SMILES string of the molecule is CC[C@@](C)(N)c1cccc(O)c1. The Balaban J connectivity index is 3.03. The Morgan fingerprint density at radius 2 is 2.17 bits per heavy atom. The summed E-state index contributed by atoms with van der Waals surface area (Å²) in [5, 5.41) is 9.22. The molecule has 0 spiro atoms. The molecule has 1 aromatic rings. The minimum absolute atomic E-state index is 0.276. The number of benzene rings is 1. The molecule has 0 saturated carbocycles. The van der Waals surface area contributed by atoms with E-state index in [1.807, 2.05) is 26.0 Å². The molecule has 1 aromatic carbocycles. The van der Waals surface area contributed by atoms with Crippen LogP contribution in [-0.4, -0.2) is 5.11 Å². The van der Waals surface area contributed by atoms with Gasteiger partial charge in [0.25, 0.3) is 0 Å². The van der Waals surface area contributed by atoms with Crippen LogP contribution in [-0.2, 0) is 5.54 Å². The van der Waals surface area contributed by atoms with Crippen molar-refractivity contribution in [3.8, 4) is 5.75 Å². The molecular weight excluding hydrogens is 150 g/mol. The van der Waals surface area contributed by atoms with Crippen molar-refractivity contribution < 1.29 is 5.11 Å². The Kier molecular flexibility index (Phi) is 2.38. The van der Waals surface area contributed by atoms with Crippen LogP contribution in [0, 0.1) is 0 Å². The molecule has 66 valence electrons. The van der Waals surface area contributed by atoms with Crippen molar-refractivity contribution in [1.82, 2.24) is 0 Å². The second-order valence-electron chi connectivity index (χ2n) is 3.32. The van der Waals surface area contributed by atoms with Gasteiger partial charge >= 0.3 is 0 Å². The minimum atomic E-state index is -0.335. The predicted octanol–water partition coefficient (Wildman–Crippen LogP) is 1.98. The first-order chi connectivity index (χ1) is 5.56. The van der Waals surface area contributed by atoms with Gasteiger partial charge in [-0.05, 0) is 31.0 Å². The van der Waals surface area contributed by atoms with Crippen molar-refractivity contribution in [2.45, 2.75) is 25.8 Å². The van der Waals surface area contributed by atoms with E-state index < -0.39 is 0 Å². The maximum atomic E-state index is 9.22. The lowest BCUT2D eigenvalue weighted by atomic mass is 9.91. The third kappa shape index (κ3) is 1.77. The van der Waals surface area contributed by atoms with Crippen molar-refractivity contribution in [3.63, 3.8) is 0 Å². The van der Waals surface area contributed by atoms with Gasteiger partial charge in [0.05, 0.1) is 0 Å². The van der Waals surface area contributed by atoms with Gasteiger partial charge < -0.3 is 10.8 Å². The van der Waals surface area contributed by atoms with Gasteiger partial charge in [0, 0.05) is 5.54 Å². The fraction of sp³-hybridized carbons (Fsp3) is 0.400. The Morgan fingerprint density at radius 1 is 1.50 bits per heavy atom. The van der Waals surface area contributed by atoms with E-state index >= 15 is 0 Å². The summed E-state index contributed by atoms with van der Waals surface area (Å²) in [6.07, 6.45) is 0.858. The topological polar surface area (TPSA) is 46.2 Å². The lowest BCUT2D eigenvalue weighted by Crippen LogP contribution is -2.31. The van der Waals surface area contributed by atoms with Gasteiger partial charge in [0.2, 0.25) is 0 Å². The molecule has 0 bridgehead atoms. The molecule has 0 heterocycles. The van der Waals surface area contributed by atoms with Crippen LogP contribution < -0.4 is 5.73 Å². The van der Waals surface area contributed by atoms with E-state index in [0.717, 1.165) is 12.0 Å². The number of phenols is 1. The Bertz CT molecular complexity index is 268. The van der Waals surface area contributed by atoms with Crippen molar-refractivity contribution in [2.24, 2.45) is 5.73 Å². The maximum Gasteiger partial charge on any atom is 0.115 e. The average molecular weight is 165 g/mol. The highest BCUT2D eigenvalue weighted by atomic mass is 16.3. The Hall–Kier alpha value is -1.02. The van der Waals surface area contributed by atoms with E-state index in [9.17, 15) is 5.11 Å². The fourth-order valence-electron chi connectivity index (χ4n) is 1.07. The average Bonchev–Trinajstić information content (AvgIpc) is 2.05. The molecule has 0 aliphatic heterocycles. The highest BCUT2D eigenvalue weighted by Crippen LogP contribution is 2.23. The van der Waals surface area contributed by atoms with Crippen LogP contribution in [0.25, 0.3) is 0 Å². The first-order valence-electron chi connectivity index (χ1n) is 4.14. The number of hydrogen-bond acceptors (Lipinski definition) is 2. The molecule has 0 amide bonds. The lowest BCUT2D eigenvalue weighted by Gasteiger charge is -2.23. The highest BCUT2D eigenvalue weighted by Gasteiger charge is 2.18. The summed E-state index contributed by atoms with van der Waals surface area (Å²) in [7, 11) is 0. The molecule has 2 nitrogen and oxygen atoms in total. The van der Waals surface area contributed by atoms with Crippen molar-refractivity contribution in [2.75, 3.05) is 0 Å². The number of aromatic hydroxyl groups is 1. The smallest absolute Gasteiger partial charge is 0.115 e. The van der Waals surface area contributed by atoms with Crippen LogP contribution in [0.3, 0.4) is 0 Å². The largest absolute Gasteiger partial charge is 0.508 e. The number of hydrogen-bond donors (Lipinski definition) is 2. The Labute approximate surface area is 73.0 Å². The summed E-state index contributed by atoms with van der Waals surface area (Å²) in [5.74, 6) is 0.276. The molecular formula is C10H15NO. The van der Waals surface area contributed by atoms with Crippen LogP contribution >= 0.6 is 0 Å². The molecule has 0 unspecified atom stereocenters. The van der Waals surface area contributed by atoms with E-state index in [-0.39, 0.29) is 11.3 Å². The second kappa shape index (κ2) is 3.15. The first-order valence-corrected chi connectivity index (χ1v) is 4.14. The Morgan fingerprint density at radius 3 is 2.67 bits per heavy atom. The summed E-state index contributed by atoms with van der Waals surface area (Å²) in [4.78, 5) is 0. The van der Waals surface area contributed by atoms with Crippen LogP contribution in [0.1, 0.15) is 25.8 Å². The van der Waals surface area contributed by atoms with Crippen LogP contribution in [0.2, 0.25) is 0 Å². The molecule has 1 rings (SSSR count). The van der Waals surface area contributed by atoms with Crippen molar-refractivity contribution in [1.29, 1.82) is 0 Å². The third-order valence-corrected chi connectivity index (χ3v) is 2.24. The fourth-order valence-corrected chi connectivity index (χ4v) is 1.07. The van der Waals surface area contributed by atoms with Gasteiger partial charge in [-0.3, -0.25) is 0 Å². The summed E-state index contributed by atoms with van der Waals surface area (Å²) in [5.41, 5.74) is 6.64. The number of rotatable bonds is 2. The molecule has 12 heavy (non-hydrogen) atoms. The third-order valence-electron chi connectivity index (χ3n) is 2.24. The van der Waals surface area contributed by atoms with E-state index in [1.54, 1.807) is 12.1 Å². The van der Waals surface area contributed by atoms with Gasteiger partial charge in [-0.2, -0.15) is 0 Å². The second-order valence-corrected chi connectivity index (χ2v) is 3.32. The van der Waals surface area contributed by atoms with Crippen LogP contribution in [0.5, 0.6) is 5.75 Å². The van der Waals surface area contributed by atoms with Gasteiger partial charge in [0.15, 0.2) is 0 Å². The van der Waals surface area contributed by atoms with E-state index in [1.165, 1.54) is 0 Å². The molecule has 0 aliphatic carbocycles. The van der Waals surface area contributed by atoms with Crippen LogP contribution in [0.15, 0.2) is 24.3 Å². The molecule has 0 radical (unpaired) electrons. The summed E-state index contributed by atoms with van der Waals surface area (Å²) >= 11 is 0. The molecule has 2 heteroatoms. The first kappa shape index (κ1) is 9.07. The highest BCUT2D eigenvalue weighted by molar-refractivity contribution is 5.31. The van der Waals surface area contributed by atoms with Gasteiger partial charge in [-0.1, -0.05) is 19.1 Å². The standard InChI is InChI=1S/C10H15NO/c1-3-10(2,11)8-5-4-6-9(12)7-8/h4-7,12H,3,11H2,1-2H3/t10-/m1/s1. The predicted molar refractivity (Wildman–Crippen MR) is 49.9 cm³/mol. The molecule has 0 fully saturated rings. The lowest BCUT2D eigenvalue weighted by molar-refractivity contribution is 0.455. The summed E-state index contributed by atoms with van der Waals surface area (Å²) in [6, 6.07) is 7.10. The van der Waals surface area contributed by atoms with E-state index in [4.69, 9.17) is 5.73 Å².